The molecule has 1 fully saturated rings. The van der Waals surface area contributed by atoms with Crippen LogP contribution in [0.25, 0.3) is 0 Å². The summed E-state index contributed by atoms with van der Waals surface area (Å²) in [7, 11) is 0. The molecular formula is C13H19NO2S. The van der Waals surface area contributed by atoms with Crippen molar-refractivity contribution in [2.75, 3.05) is 13.2 Å². The Morgan fingerprint density at radius 3 is 3.06 bits per heavy atom. The molecule has 2 N–H and O–H groups in total. The number of hydrogen-bond acceptors (Lipinski definition) is 4. The minimum absolute atomic E-state index is 0.212. The van der Waals surface area contributed by atoms with Gasteiger partial charge in [0, 0.05) is 5.25 Å². The fourth-order valence-corrected chi connectivity index (χ4v) is 3.16. The molecule has 1 aromatic rings. The van der Waals surface area contributed by atoms with E-state index in [0.717, 1.165) is 6.54 Å². The van der Waals surface area contributed by atoms with Crippen LogP contribution in [0.4, 0.5) is 0 Å². The number of benzene rings is 1. The van der Waals surface area contributed by atoms with Gasteiger partial charge in [0.1, 0.15) is 0 Å². The van der Waals surface area contributed by atoms with E-state index in [4.69, 9.17) is 4.74 Å². The lowest BCUT2D eigenvalue weighted by atomic mass is 10.2. The van der Waals surface area contributed by atoms with Gasteiger partial charge in [0.25, 0.3) is 0 Å². The van der Waals surface area contributed by atoms with Crippen LogP contribution in [0.2, 0.25) is 0 Å². The van der Waals surface area contributed by atoms with Gasteiger partial charge in [-0.2, -0.15) is 0 Å². The van der Waals surface area contributed by atoms with Crippen molar-refractivity contribution in [3.05, 3.63) is 23.8 Å². The number of nitrogens with one attached hydrogen (secondary N) is 1. The zero-order valence-corrected chi connectivity index (χ0v) is 11.1. The molecule has 2 rings (SSSR count). The van der Waals surface area contributed by atoms with Crippen molar-refractivity contribution in [3.63, 3.8) is 0 Å². The van der Waals surface area contributed by atoms with Gasteiger partial charge >= 0.3 is 0 Å². The molecule has 1 saturated heterocycles. The topological polar surface area (TPSA) is 41.5 Å². The third-order valence-corrected chi connectivity index (χ3v) is 4.25. The van der Waals surface area contributed by atoms with Crippen molar-refractivity contribution in [2.24, 2.45) is 0 Å². The second kappa shape index (κ2) is 5.65. The van der Waals surface area contributed by atoms with E-state index in [1.165, 1.54) is 12.0 Å². The normalized spacial score (nSPS) is 24.6. The van der Waals surface area contributed by atoms with E-state index < -0.39 is 0 Å². The van der Waals surface area contributed by atoms with Crippen LogP contribution in [-0.2, 0) is 0 Å². The molecule has 0 amide bonds. The maximum absolute atomic E-state index is 9.66. The Labute approximate surface area is 107 Å². The first-order chi connectivity index (χ1) is 8.20. The van der Waals surface area contributed by atoms with Crippen molar-refractivity contribution >= 4 is 11.8 Å². The lowest BCUT2D eigenvalue weighted by Crippen LogP contribution is -2.28. The van der Waals surface area contributed by atoms with Crippen LogP contribution in [0.15, 0.2) is 18.2 Å². The van der Waals surface area contributed by atoms with E-state index in [9.17, 15) is 5.11 Å². The maximum Gasteiger partial charge on any atom is 0.161 e. The van der Waals surface area contributed by atoms with E-state index in [-0.39, 0.29) is 5.75 Å². The molecule has 2 unspecified atom stereocenters. The second-order valence-electron chi connectivity index (χ2n) is 4.23. The van der Waals surface area contributed by atoms with E-state index in [1.807, 2.05) is 30.8 Å². The summed E-state index contributed by atoms with van der Waals surface area (Å²) in [4.78, 5) is 0. The quantitative estimate of drug-likeness (QED) is 0.869. The zero-order valence-electron chi connectivity index (χ0n) is 10.3. The molecule has 0 aromatic heterocycles. The zero-order chi connectivity index (χ0) is 12.3. The van der Waals surface area contributed by atoms with Crippen molar-refractivity contribution in [3.8, 4) is 11.5 Å². The van der Waals surface area contributed by atoms with Crippen LogP contribution < -0.4 is 10.1 Å². The molecule has 0 bridgehead atoms. The minimum atomic E-state index is 0.212. The summed E-state index contributed by atoms with van der Waals surface area (Å²) in [6, 6.07) is 5.60. The lowest BCUT2D eigenvalue weighted by molar-refractivity contribution is 0.317. The number of phenolic OH excluding ortho intramolecular Hbond substituents is 1. The predicted octanol–water partition coefficient (Wildman–Crippen LogP) is 2.90. The van der Waals surface area contributed by atoms with Crippen LogP contribution in [0.5, 0.6) is 11.5 Å². The smallest absolute Gasteiger partial charge is 0.161 e. The molecular weight excluding hydrogens is 234 g/mol. The Morgan fingerprint density at radius 1 is 1.53 bits per heavy atom. The van der Waals surface area contributed by atoms with E-state index >= 15 is 0 Å². The van der Waals surface area contributed by atoms with Gasteiger partial charge in [0.15, 0.2) is 11.5 Å². The largest absolute Gasteiger partial charge is 0.504 e. The molecule has 0 saturated carbocycles. The third-order valence-electron chi connectivity index (χ3n) is 2.84. The highest BCUT2D eigenvalue weighted by Gasteiger charge is 2.21. The Bertz CT molecular complexity index is 384. The standard InChI is InChI=1S/C13H19NO2S/c1-3-16-12-8-10(4-5-11(12)15)13-14-7-6-9(2)17-13/h4-5,8-9,13-15H,3,6-7H2,1-2H3. The average molecular weight is 253 g/mol. The summed E-state index contributed by atoms with van der Waals surface area (Å²) in [6.45, 7) is 5.78. The number of rotatable bonds is 3. The highest BCUT2D eigenvalue weighted by molar-refractivity contribution is 8.00. The molecule has 1 aromatic carbocycles. The minimum Gasteiger partial charge on any atom is -0.504 e. The van der Waals surface area contributed by atoms with Gasteiger partial charge in [-0.1, -0.05) is 13.0 Å². The first-order valence-electron chi connectivity index (χ1n) is 6.05. The molecule has 1 aliphatic rings. The van der Waals surface area contributed by atoms with Gasteiger partial charge in [-0.15, -0.1) is 11.8 Å². The van der Waals surface area contributed by atoms with Crippen molar-refractivity contribution < 1.29 is 9.84 Å². The van der Waals surface area contributed by atoms with Crippen molar-refractivity contribution in [1.82, 2.24) is 5.32 Å². The Balaban J connectivity index is 2.17. The number of ether oxygens (including phenoxy) is 1. The average Bonchev–Trinajstić information content (AvgIpc) is 2.32. The molecule has 0 aliphatic carbocycles. The molecule has 94 valence electrons. The third kappa shape index (κ3) is 3.07. The molecule has 17 heavy (non-hydrogen) atoms. The van der Waals surface area contributed by atoms with Gasteiger partial charge in [0.05, 0.1) is 12.0 Å². The van der Waals surface area contributed by atoms with E-state index in [1.54, 1.807) is 6.07 Å². The maximum atomic E-state index is 9.66. The van der Waals surface area contributed by atoms with Gasteiger partial charge < -0.3 is 15.2 Å². The summed E-state index contributed by atoms with van der Waals surface area (Å²) in [5.74, 6) is 0.787. The molecule has 0 radical (unpaired) electrons. The van der Waals surface area contributed by atoms with E-state index in [2.05, 4.69) is 12.2 Å². The Kier molecular flexibility index (Phi) is 4.18. The van der Waals surface area contributed by atoms with Gasteiger partial charge in [-0.05, 0) is 37.6 Å². The molecule has 1 aliphatic heterocycles. The summed E-state index contributed by atoms with van der Waals surface area (Å²) < 4.78 is 5.41. The summed E-state index contributed by atoms with van der Waals surface area (Å²) in [6.07, 6.45) is 1.21. The fourth-order valence-electron chi connectivity index (χ4n) is 1.93. The Hall–Kier alpha value is -0.870. The lowest BCUT2D eigenvalue weighted by Gasteiger charge is -2.28. The molecule has 4 heteroatoms. The Morgan fingerprint density at radius 2 is 2.35 bits per heavy atom. The summed E-state index contributed by atoms with van der Waals surface area (Å²) in [5, 5.41) is 14.1. The first kappa shape index (κ1) is 12.6. The molecule has 2 atom stereocenters. The SMILES string of the molecule is CCOc1cc(C2NCCC(C)S2)ccc1O. The second-order valence-corrected chi connectivity index (χ2v) is 5.78. The molecule has 1 heterocycles. The summed E-state index contributed by atoms with van der Waals surface area (Å²) in [5.41, 5.74) is 1.17. The van der Waals surface area contributed by atoms with E-state index in [0.29, 0.717) is 23.0 Å². The first-order valence-corrected chi connectivity index (χ1v) is 6.99. The van der Waals surface area contributed by atoms with Crippen LogP contribution >= 0.6 is 11.8 Å². The number of aromatic hydroxyl groups is 1. The van der Waals surface area contributed by atoms with Gasteiger partial charge in [-0.25, -0.2) is 0 Å². The highest BCUT2D eigenvalue weighted by Crippen LogP contribution is 2.37. The monoisotopic (exact) mass is 253 g/mol. The van der Waals surface area contributed by atoms with Gasteiger partial charge in [-0.3, -0.25) is 0 Å². The summed E-state index contributed by atoms with van der Waals surface area (Å²) >= 11 is 1.92. The van der Waals surface area contributed by atoms with Crippen molar-refractivity contribution in [2.45, 2.75) is 30.9 Å². The van der Waals surface area contributed by atoms with Crippen LogP contribution in [-0.4, -0.2) is 23.5 Å². The molecule has 0 spiro atoms. The fraction of sp³-hybridized carbons (Fsp3) is 0.538. The van der Waals surface area contributed by atoms with Crippen LogP contribution in [0, 0.1) is 0 Å². The number of hydrogen-bond donors (Lipinski definition) is 2. The van der Waals surface area contributed by atoms with Crippen LogP contribution in [0.3, 0.4) is 0 Å². The molecule has 3 nitrogen and oxygen atoms in total. The number of phenols is 1. The van der Waals surface area contributed by atoms with Crippen molar-refractivity contribution in [1.29, 1.82) is 0 Å². The number of thioether (sulfide) groups is 1. The highest BCUT2D eigenvalue weighted by atomic mass is 32.2. The van der Waals surface area contributed by atoms with Gasteiger partial charge in [0.2, 0.25) is 0 Å². The predicted molar refractivity (Wildman–Crippen MR) is 71.7 cm³/mol. The van der Waals surface area contributed by atoms with Crippen LogP contribution in [0.1, 0.15) is 31.2 Å².